The van der Waals surface area contributed by atoms with Crippen LogP contribution >= 0.6 is 0 Å². The maximum atomic E-state index is 11.9. The Balaban J connectivity index is 1.67. The molecule has 0 spiro atoms. The van der Waals surface area contributed by atoms with Crippen molar-refractivity contribution in [2.75, 3.05) is 6.54 Å². The van der Waals surface area contributed by atoms with Crippen molar-refractivity contribution in [2.45, 2.75) is 44.8 Å². The summed E-state index contributed by atoms with van der Waals surface area (Å²) >= 11 is 0. The maximum Gasteiger partial charge on any atom is 0.220 e. The number of benzene rings is 1. The van der Waals surface area contributed by atoms with E-state index in [9.17, 15) is 4.79 Å². The van der Waals surface area contributed by atoms with Gasteiger partial charge in [0.05, 0.1) is 6.54 Å². The summed E-state index contributed by atoms with van der Waals surface area (Å²) in [5, 5.41) is 2.93. The Hall–Kier alpha value is -1.55. The number of hydrogen-bond donors (Lipinski definition) is 2. The molecule has 1 saturated carbocycles. The highest BCUT2D eigenvalue weighted by Crippen LogP contribution is 2.26. The van der Waals surface area contributed by atoms with Crippen molar-refractivity contribution in [3.8, 4) is 5.75 Å². The molecule has 0 saturated heterocycles. The Morgan fingerprint density at radius 1 is 1.40 bits per heavy atom. The van der Waals surface area contributed by atoms with Crippen LogP contribution in [0.4, 0.5) is 0 Å². The van der Waals surface area contributed by atoms with Crippen LogP contribution in [0.2, 0.25) is 0 Å². The maximum absolute atomic E-state index is 11.9. The van der Waals surface area contributed by atoms with Crippen LogP contribution in [-0.2, 0) is 4.79 Å². The van der Waals surface area contributed by atoms with Gasteiger partial charge in [-0.05, 0) is 37.8 Å². The van der Waals surface area contributed by atoms with Crippen molar-refractivity contribution in [1.82, 2.24) is 5.32 Å². The SMILES string of the molecule is CC(CNC(=O)C[C@@H]1CCC[C@H]1N)Oc1ccccc1. The van der Waals surface area contributed by atoms with E-state index in [4.69, 9.17) is 10.5 Å². The first-order chi connectivity index (χ1) is 9.65. The Bertz CT molecular complexity index is 422. The Labute approximate surface area is 120 Å². The molecule has 2 rings (SSSR count). The van der Waals surface area contributed by atoms with Crippen LogP contribution in [0.3, 0.4) is 0 Å². The van der Waals surface area contributed by atoms with E-state index in [1.54, 1.807) is 0 Å². The molecule has 3 atom stereocenters. The van der Waals surface area contributed by atoms with Crippen LogP contribution in [0.25, 0.3) is 0 Å². The number of amides is 1. The van der Waals surface area contributed by atoms with E-state index in [-0.39, 0.29) is 18.1 Å². The highest BCUT2D eigenvalue weighted by molar-refractivity contribution is 5.76. The third-order valence-corrected chi connectivity index (χ3v) is 3.83. The summed E-state index contributed by atoms with van der Waals surface area (Å²) in [7, 11) is 0. The molecule has 1 aromatic rings. The van der Waals surface area contributed by atoms with Gasteiger partial charge < -0.3 is 15.8 Å². The van der Waals surface area contributed by atoms with Crippen molar-refractivity contribution in [1.29, 1.82) is 0 Å². The lowest BCUT2D eigenvalue weighted by Crippen LogP contribution is -2.36. The minimum absolute atomic E-state index is 0.0430. The Morgan fingerprint density at radius 2 is 2.15 bits per heavy atom. The number of carbonyl (C=O) groups excluding carboxylic acids is 1. The molecule has 0 aliphatic heterocycles. The van der Waals surface area contributed by atoms with Gasteiger partial charge in [-0.1, -0.05) is 24.6 Å². The molecule has 1 fully saturated rings. The monoisotopic (exact) mass is 276 g/mol. The Morgan fingerprint density at radius 3 is 2.80 bits per heavy atom. The molecule has 4 nitrogen and oxygen atoms in total. The summed E-state index contributed by atoms with van der Waals surface area (Å²) in [6.07, 6.45) is 3.76. The zero-order valence-corrected chi connectivity index (χ0v) is 12.0. The van der Waals surface area contributed by atoms with Gasteiger partial charge in [0.1, 0.15) is 11.9 Å². The van der Waals surface area contributed by atoms with E-state index in [1.807, 2.05) is 37.3 Å². The number of nitrogens with one attached hydrogen (secondary N) is 1. The minimum atomic E-state index is -0.0430. The van der Waals surface area contributed by atoms with E-state index in [2.05, 4.69) is 5.32 Å². The molecule has 1 aliphatic carbocycles. The van der Waals surface area contributed by atoms with Gasteiger partial charge in [-0.2, -0.15) is 0 Å². The lowest BCUT2D eigenvalue weighted by atomic mass is 10.00. The second-order valence-corrected chi connectivity index (χ2v) is 5.60. The fourth-order valence-electron chi connectivity index (χ4n) is 2.66. The molecule has 0 radical (unpaired) electrons. The van der Waals surface area contributed by atoms with Crippen molar-refractivity contribution in [3.05, 3.63) is 30.3 Å². The first kappa shape index (κ1) is 14.9. The normalized spacial score (nSPS) is 23.3. The zero-order valence-electron chi connectivity index (χ0n) is 12.0. The van der Waals surface area contributed by atoms with Crippen LogP contribution < -0.4 is 15.8 Å². The molecule has 20 heavy (non-hydrogen) atoms. The lowest BCUT2D eigenvalue weighted by molar-refractivity contribution is -0.122. The fourth-order valence-corrected chi connectivity index (χ4v) is 2.66. The Kier molecular flexibility index (Phi) is 5.41. The number of nitrogens with two attached hydrogens (primary N) is 1. The van der Waals surface area contributed by atoms with E-state index in [0.29, 0.717) is 18.9 Å². The number of para-hydroxylation sites is 1. The molecule has 4 heteroatoms. The molecule has 0 bridgehead atoms. The highest BCUT2D eigenvalue weighted by Gasteiger charge is 2.25. The third kappa shape index (κ3) is 4.53. The summed E-state index contributed by atoms with van der Waals surface area (Å²) in [6.45, 7) is 2.48. The van der Waals surface area contributed by atoms with E-state index in [0.717, 1.165) is 25.0 Å². The minimum Gasteiger partial charge on any atom is -0.489 e. The number of carbonyl (C=O) groups is 1. The van der Waals surface area contributed by atoms with E-state index in [1.165, 1.54) is 0 Å². The van der Waals surface area contributed by atoms with E-state index < -0.39 is 0 Å². The van der Waals surface area contributed by atoms with Crippen LogP contribution in [-0.4, -0.2) is 24.6 Å². The summed E-state index contributed by atoms with van der Waals surface area (Å²) in [6, 6.07) is 9.83. The molecule has 3 N–H and O–H groups in total. The summed E-state index contributed by atoms with van der Waals surface area (Å²) < 4.78 is 5.72. The van der Waals surface area contributed by atoms with Gasteiger partial charge in [-0.3, -0.25) is 4.79 Å². The average Bonchev–Trinajstić information content (AvgIpc) is 2.83. The first-order valence-electron chi connectivity index (χ1n) is 7.39. The lowest BCUT2D eigenvalue weighted by Gasteiger charge is -2.18. The van der Waals surface area contributed by atoms with Gasteiger partial charge in [-0.25, -0.2) is 0 Å². The standard InChI is InChI=1S/C16H24N2O2/c1-12(20-14-7-3-2-4-8-14)11-18-16(19)10-13-6-5-9-15(13)17/h2-4,7-8,12-13,15H,5-6,9-11,17H2,1H3,(H,18,19)/t12?,13-,15+/m0/s1. The molecular weight excluding hydrogens is 252 g/mol. The van der Waals surface area contributed by atoms with Crippen molar-refractivity contribution >= 4 is 5.91 Å². The van der Waals surface area contributed by atoms with Gasteiger partial charge in [0, 0.05) is 12.5 Å². The van der Waals surface area contributed by atoms with Gasteiger partial charge >= 0.3 is 0 Å². The summed E-state index contributed by atoms with van der Waals surface area (Å²) in [4.78, 5) is 11.9. The second-order valence-electron chi connectivity index (χ2n) is 5.60. The van der Waals surface area contributed by atoms with Crippen LogP contribution in [0.15, 0.2) is 30.3 Å². The van der Waals surface area contributed by atoms with Crippen LogP contribution in [0, 0.1) is 5.92 Å². The summed E-state index contributed by atoms with van der Waals surface area (Å²) in [5.41, 5.74) is 5.98. The van der Waals surface area contributed by atoms with Crippen molar-refractivity contribution < 1.29 is 9.53 Å². The molecule has 1 amide bonds. The van der Waals surface area contributed by atoms with Gasteiger partial charge in [0.2, 0.25) is 5.91 Å². The fraction of sp³-hybridized carbons (Fsp3) is 0.562. The predicted molar refractivity (Wildman–Crippen MR) is 79.5 cm³/mol. The number of hydrogen-bond acceptors (Lipinski definition) is 3. The second kappa shape index (κ2) is 7.29. The molecule has 1 aromatic carbocycles. The predicted octanol–water partition coefficient (Wildman–Crippen LogP) is 2.09. The largest absolute Gasteiger partial charge is 0.489 e. The molecule has 1 aliphatic rings. The topological polar surface area (TPSA) is 64.4 Å². The average molecular weight is 276 g/mol. The van der Waals surface area contributed by atoms with Crippen LogP contribution in [0.5, 0.6) is 5.75 Å². The number of ether oxygens (including phenoxy) is 1. The molecule has 0 aromatic heterocycles. The highest BCUT2D eigenvalue weighted by atomic mass is 16.5. The smallest absolute Gasteiger partial charge is 0.220 e. The molecule has 0 heterocycles. The zero-order chi connectivity index (χ0) is 14.4. The first-order valence-corrected chi connectivity index (χ1v) is 7.39. The molecule has 1 unspecified atom stereocenters. The number of rotatable bonds is 6. The van der Waals surface area contributed by atoms with Gasteiger partial charge in [-0.15, -0.1) is 0 Å². The quantitative estimate of drug-likeness (QED) is 0.836. The molecule has 110 valence electrons. The van der Waals surface area contributed by atoms with Crippen molar-refractivity contribution in [2.24, 2.45) is 11.7 Å². The van der Waals surface area contributed by atoms with Gasteiger partial charge in [0.15, 0.2) is 0 Å². The van der Waals surface area contributed by atoms with E-state index >= 15 is 0 Å². The molecular formula is C16H24N2O2. The summed E-state index contributed by atoms with van der Waals surface area (Å²) in [5.74, 6) is 1.25. The van der Waals surface area contributed by atoms with Crippen LogP contribution in [0.1, 0.15) is 32.6 Å². The van der Waals surface area contributed by atoms with Crippen molar-refractivity contribution in [3.63, 3.8) is 0 Å². The van der Waals surface area contributed by atoms with Gasteiger partial charge in [0.25, 0.3) is 0 Å². The third-order valence-electron chi connectivity index (χ3n) is 3.83.